The molecule has 2 heteroatoms. The predicted octanol–water partition coefficient (Wildman–Crippen LogP) is 1.73. The number of nitrogens with one attached hydrogen (secondary N) is 1. The molecule has 2 nitrogen and oxygen atoms in total. The molecule has 0 aromatic carbocycles. The van der Waals surface area contributed by atoms with Crippen LogP contribution in [0.2, 0.25) is 0 Å². The summed E-state index contributed by atoms with van der Waals surface area (Å²) in [6, 6.07) is 0.259. The molecule has 0 heterocycles. The number of hydrogen-bond donors (Lipinski definition) is 2. The molecule has 0 bridgehead atoms. The van der Waals surface area contributed by atoms with Crippen LogP contribution in [0.4, 0.5) is 0 Å². The minimum atomic E-state index is 0.259. The van der Waals surface area contributed by atoms with Gasteiger partial charge in [-0.2, -0.15) is 0 Å². The second-order valence-corrected chi connectivity index (χ2v) is 3.58. The minimum absolute atomic E-state index is 0.259. The van der Waals surface area contributed by atoms with Crippen LogP contribution < -0.4 is 11.3 Å². The number of hydrogen-bond acceptors (Lipinski definition) is 2. The second kappa shape index (κ2) is 5.80. The number of nitrogens with two attached hydrogens (primary N) is 1. The Morgan fingerprint density at radius 1 is 1.62 bits per heavy atom. The minimum Gasteiger partial charge on any atom is -0.271 e. The van der Waals surface area contributed by atoms with Crippen molar-refractivity contribution in [3.8, 4) is 12.3 Å². The van der Waals surface area contributed by atoms with Crippen molar-refractivity contribution in [2.24, 2.45) is 5.84 Å². The van der Waals surface area contributed by atoms with E-state index in [4.69, 9.17) is 12.3 Å². The number of rotatable bonds is 4. The van der Waals surface area contributed by atoms with Crippen LogP contribution >= 0.6 is 0 Å². The van der Waals surface area contributed by atoms with E-state index in [2.05, 4.69) is 17.4 Å². The summed E-state index contributed by atoms with van der Waals surface area (Å²) in [5, 5.41) is 0. The van der Waals surface area contributed by atoms with Gasteiger partial charge in [0.15, 0.2) is 0 Å². The Morgan fingerprint density at radius 2 is 2.46 bits per heavy atom. The lowest BCUT2D eigenvalue weighted by molar-refractivity contribution is 0.517. The number of terminal acetylenes is 1. The van der Waals surface area contributed by atoms with E-state index in [0.717, 1.165) is 6.42 Å². The van der Waals surface area contributed by atoms with E-state index >= 15 is 0 Å². The number of allylic oxidation sites excluding steroid dienone is 1. The summed E-state index contributed by atoms with van der Waals surface area (Å²) in [5.74, 6) is 8.04. The van der Waals surface area contributed by atoms with Gasteiger partial charge in [-0.3, -0.25) is 11.3 Å². The van der Waals surface area contributed by atoms with Crippen molar-refractivity contribution in [3.05, 3.63) is 11.6 Å². The van der Waals surface area contributed by atoms with Gasteiger partial charge in [0.2, 0.25) is 0 Å². The third-order valence-corrected chi connectivity index (χ3v) is 2.49. The molecule has 0 aliphatic heterocycles. The summed E-state index contributed by atoms with van der Waals surface area (Å²) in [6.07, 6.45) is 14.4. The maximum absolute atomic E-state index is 5.40. The summed E-state index contributed by atoms with van der Waals surface area (Å²) in [5.41, 5.74) is 4.28. The fourth-order valence-corrected chi connectivity index (χ4v) is 1.74. The Morgan fingerprint density at radius 3 is 3.00 bits per heavy atom. The van der Waals surface area contributed by atoms with E-state index in [-0.39, 0.29) is 6.04 Å². The van der Waals surface area contributed by atoms with E-state index < -0.39 is 0 Å². The lowest BCUT2D eigenvalue weighted by atomic mass is 9.93. The van der Waals surface area contributed by atoms with Crippen LogP contribution in [0.5, 0.6) is 0 Å². The average Bonchev–Trinajstić information content (AvgIpc) is 2.19. The maximum Gasteiger partial charge on any atom is 0.0356 e. The van der Waals surface area contributed by atoms with E-state index in [1.165, 1.54) is 31.3 Å². The standard InChI is InChI=1S/C11H18N2/c1-2-6-11(13-12)9-10-7-4-3-5-8-10/h1,7,11,13H,3-6,8-9,12H2. The third-order valence-electron chi connectivity index (χ3n) is 2.49. The van der Waals surface area contributed by atoms with Crippen molar-refractivity contribution in [2.75, 3.05) is 0 Å². The van der Waals surface area contributed by atoms with E-state index in [9.17, 15) is 0 Å². The van der Waals surface area contributed by atoms with E-state index in [1.807, 2.05) is 0 Å². The zero-order chi connectivity index (χ0) is 9.52. The van der Waals surface area contributed by atoms with Gasteiger partial charge in [0.1, 0.15) is 0 Å². The SMILES string of the molecule is C#CCC(CC1=CCCCC1)NN. The Balaban J connectivity index is 2.36. The highest BCUT2D eigenvalue weighted by atomic mass is 15.2. The molecule has 1 rings (SSSR count). The van der Waals surface area contributed by atoms with Crippen LogP contribution in [0, 0.1) is 12.3 Å². The van der Waals surface area contributed by atoms with Gasteiger partial charge in [-0.15, -0.1) is 12.3 Å². The zero-order valence-corrected chi connectivity index (χ0v) is 8.05. The number of hydrazine groups is 1. The fraction of sp³-hybridized carbons (Fsp3) is 0.636. The van der Waals surface area contributed by atoms with Gasteiger partial charge in [-0.05, 0) is 32.1 Å². The average molecular weight is 178 g/mol. The Hall–Kier alpha value is -0.780. The molecule has 0 aromatic heterocycles. The first kappa shape index (κ1) is 10.3. The molecule has 0 spiro atoms. The molecule has 0 saturated heterocycles. The molecule has 1 aliphatic rings. The summed E-state index contributed by atoms with van der Waals surface area (Å²) < 4.78 is 0. The van der Waals surface area contributed by atoms with Crippen LogP contribution in [0.1, 0.15) is 38.5 Å². The van der Waals surface area contributed by atoms with Crippen LogP contribution in [-0.4, -0.2) is 6.04 Å². The van der Waals surface area contributed by atoms with Crippen molar-refractivity contribution in [1.82, 2.24) is 5.43 Å². The second-order valence-electron chi connectivity index (χ2n) is 3.58. The molecule has 0 amide bonds. The largest absolute Gasteiger partial charge is 0.271 e. The van der Waals surface area contributed by atoms with Gasteiger partial charge < -0.3 is 0 Å². The molecule has 1 atom stereocenters. The van der Waals surface area contributed by atoms with Gasteiger partial charge >= 0.3 is 0 Å². The zero-order valence-electron chi connectivity index (χ0n) is 8.05. The van der Waals surface area contributed by atoms with Crippen molar-refractivity contribution in [3.63, 3.8) is 0 Å². The molecule has 0 radical (unpaired) electrons. The van der Waals surface area contributed by atoms with Gasteiger partial charge in [0, 0.05) is 12.5 Å². The molecule has 3 N–H and O–H groups in total. The first-order valence-corrected chi connectivity index (χ1v) is 4.94. The van der Waals surface area contributed by atoms with E-state index in [0.29, 0.717) is 6.42 Å². The topological polar surface area (TPSA) is 38.0 Å². The highest BCUT2D eigenvalue weighted by Gasteiger charge is 2.10. The summed E-state index contributed by atoms with van der Waals surface area (Å²) in [6.45, 7) is 0. The fourth-order valence-electron chi connectivity index (χ4n) is 1.74. The van der Waals surface area contributed by atoms with E-state index in [1.54, 1.807) is 0 Å². The smallest absolute Gasteiger partial charge is 0.0356 e. The van der Waals surface area contributed by atoms with Crippen LogP contribution in [0.15, 0.2) is 11.6 Å². The lowest BCUT2D eigenvalue weighted by Crippen LogP contribution is -2.35. The Kier molecular flexibility index (Phi) is 4.59. The Bertz CT molecular complexity index is 213. The monoisotopic (exact) mass is 178 g/mol. The quantitative estimate of drug-likeness (QED) is 0.298. The molecule has 0 aromatic rings. The van der Waals surface area contributed by atoms with Gasteiger partial charge in [-0.25, -0.2) is 0 Å². The normalized spacial score (nSPS) is 18.9. The van der Waals surface area contributed by atoms with Crippen molar-refractivity contribution >= 4 is 0 Å². The summed E-state index contributed by atoms with van der Waals surface area (Å²) in [4.78, 5) is 0. The van der Waals surface area contributed by atoms with Crippen LogP contribution in [-0.2, 0) is 0 Å². The molecule has 1 aliphatic carbocycles. The van der Waals surface area contributed by atoms with Gasteiger partial charge in [-0.1, -0.05) is 11.6 Å². The first-order valence-electron chi connectivity index (χ1n) is 4.94. The molecule has 1 unspecified atom stereocenters. The van der Waals surface area contributed by atoms with Gasteiger partial charge in [0.05, 0.1) is 0 Å². The van der Waals surface area contributed by atoms with Gasteiger partial charge in [0.25, 0.3) is 0 Å². The van der Waals surface area contributed by atoms with Crippen molar-refractivity contribution in [2.45, 2.75) is 44.6 Å². The molecular weight excluding hydrogens is 160 g/mol. The molecule has 72 valence electrons. The predicted molar refractivity (Wildman–Crippen MR) is 55.7 cm³/mol. The molecular formula is C11H18N2. The summed E-state index contributed by atoms with van der Waals surface area (Å²) in [7, 11) is 0. The van der Waals surface area contributed by atoms with Crippen LogP contribution in [0.3, 0.4) is 0 Å². The Labute approximate surface area is 80.6 Å². The first-order chi connectivity index (χ1) is 6.36. The maximum atomic E-state index is 5.40. The van der Waals surface area contributed by atoms with Crippen LogP contribution in [0.25, 0.3) is 0 Å². The van der Waals surface area contributed by atoms with Crippen molar-refractivity contribution < 1.29 is 0 Å². The highest BCUT2D eigenvalue weighted by Crippen LogP contribution is 2.21. The van der Waals surface area contributed by atoms with Crippen molar-refractivity contribution in [1.29, 1.82) is 0 Å². The molecule has 13 heavy (non-hydrogen) atoms. The third kappa shape index (κ3) is 3.63. The molecule has 0 saturated carbocycles. The summed E-state index contributed by atoms with van der Waals surface area (Å²) >= 11 is 0. The lowest BCUT2D eigenvalue weighted by Gasteiger charge is -2.18. The highest BCUT2D eigenvalue weighted by molar-refractivity contribution is 5.08. The molecule has 0 fully saturated rings.